The van der Waals surface area contributed by atoms with Crippen LogP contribution < -0.4 is 18.9 Å². The quantitative estimate of drug-likeness (QED) is 0.101. The van der Waals surface area contributed by atoms with Crippen molar-refractivity contribution in [2.75, 3.05) is 0 Å². The number of aliphatic carboxylic acids is 1. The highest BCUT2D eigenvalue weighted by molar-refractivity contribution is 6.34. The first-order valence-electron chi connectivity index (χ1n) is 21.0. The van der Waals surface area contributed by atoms with E-state index in [1.165, 1.54) is 0 Å². The van der Waals surface area contributed by atoms with Crippen molar-refractivity contribution in [1.82, 2.24) is 30.2 Å². The number of carboxylic acids is 1. The monoisotopic (exact) mass is 982 g/mol. The normalized spacial score (nSPS) is 17.8. The van der Waals surface area contributed by atoms with Gasteiger partial charge in [-0.2, -0.15) is 9.97 Å². The van der Waals surface area contributed by atoms with E-state index in [1.807, 2.05) is 48.5 Å². The van der Waals surface area contributed by atoms with Crippen LogP contribution in [0, 0.1) is 11.8 Å². The van der Waals surface area contributed by atoms with Gasteiger partial charge in [-0.05, 0) is 123 Å². The van der Waals surface area contributed by atoms with Crippen LogP contribution in [0.15, 0.2) is 70.0 Å². The number of halogens is 4. The van der Waals surface area contributed by atoms with Crippen LogP contribution in [0.3, 0.4) is 0 Å². The van der Waals surface area contributed by atoms with Crippen molar-refractivity contribution in [2.24, 2.45) is 11.8 Å². The van der Waals surface area contributed by atoms with Gasteiger partial charge < -0.3 is 37.8 Å². The zero-order valence-corrected chi connectivity index (χ0v) is 39.9. The Morgan fingerprint density at radius 3 is 1.44 bits per heavy atom. The largest absolute Gasteiger partial charge is 0.490 e. The van der Waals surface area contributed by atoms with E-state index in [0.29, 0.717) is 103 Å². The second-order valence-electron chi connectivity index (χ2n) is 17.2. The number of carbonyl (C=O) groups is 2. The van der Waals surface area contributed by atoms with Crippen molar-refractivity contribution in [3.63, 3.8) is 0 Å². The summed E-state index contributed by atoms with van der Waals surface area (Å²) in [5.41, 5.74) is 1.78. The van der Waals surface area contributed by atoms with Crippen LogP contribution in [0.2, 0.25) is 20.1 Å². The van der Waals surface area contributed by atoms with Gasteiger partial charge in [0.25, 0.3) is 11.8 Å². The number of hydrogen-bond donors (Lipinski definition) is 1. The van der Waals surface area contributed by atoms with Crippen LogP contribution >= 0.6 is 46.4 Å². The molecule has 6 aromatic rings. The van der Waals surface area contributed by atoms with Crippen LogP contribution in [0.5, 0.6) is 23.3 Å². The Bertz CT molecular complexity index is 2690. The summed E-state index contributed by atoms with van der Waals surface area (Å²) in [6.07, 6.45) is 5.01. The first-order valence-corrected chi connectivity index (χ1v) is 22.5. The third-order valence-electron chi connectivity index (χ3n) is 9.90. The summed E-state index contributed by atoms with van der Waals surface area (Å²) in [7, 11) is 0. The number of pyridine rings is 2. The number of hydrogen-bond acceptors (Lipinski definition) is 15. The lowest BCUT2D eigenvalue weighted by molar-refractivity contribution is -0.166. The van der Waals surface area contributed by atoms with Crippen molar-refractivity contribution in [2.45, 2.75) is 104 Å². The minimum atomic E-state index is -0.792. The van der Waals surface area contributed by atoms with Gasteiger partial charge in [0.1, 0.15) is 39.4 Å². The third-order valence-corrected chi connectivity index (χ3v) is 11.1. The molecule has 2 aliphatic rings. The summed E-state index contributed by atoms with van der Waals surface area (Å²) >= 11 is 25.4. The van der Waals surface area contributed by atoms with Crippen LogP contribution in [0.25, 0.3) is 45.7 Å². The topological polar surface area (TPSA) is 204 Å². The molecule has 348 valence electrons. The predicted molar refractivity (Wildman–Crippen MR) is 245 cm³/mol. The molecule has 0 bridgehead atoms. The summed E-state index contributed by atoms with van der Waals surface area (Å²) in [5.74, 6) is 1.51. The highest BCUT2D eigenvalue weighted by Gasteiger charge is 2.39. The second-order valence-corrected chi connectivity index (χ2v) is 18.8. The molecular weight excluding hydrogens is 938 g/mol. The van der Waals surface area contributed by atoms with Gasteiger partial charge in [0.2, 0.25) is 23.4 Å². The molecule has 2 aromatic carbocycles. The van der Waals surface area contributed by atoms with Crippen LogP contribution in [0.4, 0.5) is 0 Å². The van der Waals surface area contributed by atoms with Crippen LogP contribution in [0.1, 0.15) is 74.1 Å². The number of nitrogens with zero attached hydrogens (tertiary/aromatic N) is 6. The highest BCUT2D eigenvalue weighted by atomic mass is 35.5. The van der Waals surface area contributed by atoms with Gasteiger partial charge in [0.15, 0.2) is 0 Å². The van der Waals surface area contributed by atoms with Crippen molar-refractivity contribution >= 4 is 58.3 Å². The Balaban J connectivity index is 0.000000198. The number of aromatic nitrogens is 6. The summed E-state index contributed by atoms with van der Waals surface area (Å²) in [5, 5.41) is 18.5. The molecule has 0 amide bonds. The Labute approximate surface area is 400 Å². The first-order chi connectivity index (χ1) is 31.3. The number of carbonyl (C=O) groups excluding carboxylic acids is 1. The summed E-state index contributed by atoms with van der Waals surface area (Å²) in [6.45, 7) is 13.1. The molecule has 0 spiro atoms. The van der Waals surface area contributed by atoms with Crippen molar-refractivity contribution in [3.05, 3.63) is 81.0 Å². The lowest BCUT2D eigenvalue weighted by Crippen LogP contribution is -2.41. The lowest BCUT2D eigenvalue weighted by Gasteiger charge is -2.35. The van der Waals surface area contributed by atoms with Gasteiger partial charge in [-0.3, -0.25) is 9.59 Å². The Hall–Kier alpha value is -5.68. The van der Waals surface area contributed by atoms with Crippen molar-refractivity contribution in [1.29, 1.82) is 0 Å². The number of carboxylic acid groups (broad SMARTS) is 1. The van der Waals surface area contributed by atoms with Gasteiger partial charge in [0.05, 0.1) is 45.2 Å². The van der Waals surface area contributed by atoms with E-state index in [9.17, 15) is 9.59 Å². The van der Waals surface area contributed by atoms with E-state index in [1.54, 1.807) is 60.9 Å². The van der Waals surface area contributed by atoms with Gasteiger partial charge in [-0.15, -0.1) is 0 Å². The Kier molecular flexibility index (Phi) is 15.0. The molecular formula is C46H46Cl4N6O10. The Morgan fingerprint density at radius 2 is 1.08 bits per heavy atom. The standard InChI is InChI=1S/C25H27Cl2N3O5.C21H19Cl2N3O5/c1-13(2)32-23-20(27)10-15(12-28-23)22-29-21(30-35-22)18-7-6-16(11-19(18)26)33-17-8-14(9-17)24(31)34-25(3,4)5;1-10(2)29-20-17(23)7-12(9-24-20)19-25-18(26-31-19)15-4-3-13(8-16(15)22)30-14-5-11(6-14)21(27)28/h6-7,10-14,17H,8-9H2,1-5H3;3-4,7-11,14H,5-6H2,1-2H3,(H,27,28). The second kappa shape index (κ2) is 20.5. The fraction of sp³-hybridized carbons (Fsp3) is 0.391. The van der Waals surface area contributed by atoms with E-state index in [0.717, 1.165) is 0 Å². The fourth-order valence-electron chi connectivity index (χ4n) is 6.59. The molecule has 16 nitrogen and oxygen atoms in total. The van der Waals surface area contributed by atoms with E-state index < -0.39 is 11.6 Å². The molecule has 0 radical (unpaired) electrons. The molecule has 4 aromatic heterocycles. The zero-order valence-electron chi connectivity index (χ0n) is 36.9. The minimum Gasteiger partial charge on any atom is -0.490 e. The van der Waals surface area contributed by atoms with E-state index >= 15 is 0 Å². The average molecular weight is 985 g/mol. The molecule has 8 rings (SSSR count). The molecule has 0 unspecified atom stereocenters. The first kappa shape index (κ1) is 48.3. The minimum absolute atomic E-state index is 0.0503. The zero-order chi connectivity index (χ0) is 47.4. The maximum absolute atomic E-state index is 12.1. The summed E-state index contributed by atoms with van der Waals surface area (Å²) in [4.78, 5) is 40.3. The molecule has 20 heteroatoms. The number of benzene rings is 2. The molecule has 4 heterocycles. The van der Waals surface area contributed by atoms with E-state index in [4.69, 9.17) is 84.2 Å². The maximum Gasteiger partial charge on any atom is 0.309 e. The molecule has 66 heavy (non-hydrogen) atoms. The molecule has 2 aliphatic carbocycles. The predicted octanol–water partition coefficient (Wildman–Crippen LogP) is 11.5. The number of ether oxygens (including phenoxy) is 5. The molecule has 0 saturated heterocycles. The average Bonchev–Trinajstić information content (AvgIpc) is 3.89. The fourth-order valence-corrected chi connectivity index (χ4v) is 7.53. The van der Waals surface area contributed by atoms with Crippen molar-refractivity contribution in [3.8, 4) is 68.9 Å². The van der Waals surface area contributed by atoms with Crippen LogP contribution in [-0.4, -0.2) is 77.3 Å². The molecule has 2 saturated carbocycles. The number of esters is 1. The van der Waals surface area contributed by atoms with Gasteiger partial charge in [0, 0.05) is 23.5 Å². The molecule has 0 aliphatic heterocycles. The van der Waals surface area contributed by atoms with Gasteiger partial charge >= 0.3 is 11.9 Å². The van der Waals surface area contributed by atoms with E-state index in [-0.39, 0.29) is 54.0 Å². The Morgan fingerprint density at radius 1 is 0.652 bits per heavy atom. The molecule has 2 fully saturated rings. The lowest BCUT2D eigenvalue weighted by atomic mass is 9.82. The molecule has 1 N–H and O–H groups in total. The molecule has 0 atom stereocenters. The SMILES string of the molecule is CC(C)Oc1ncc(-c2nc(-c3ccc(OC4CC(C(=O)O)C4)cc3Cl)no2)cc1Cl.CC(C)Oc1ncc(-c2nc(-c3ccc(OC4CC(C(=O)OC(C)(C)C)C4)cc3Cl)no2)cc1Cl. The smallest absolute Gasteiger partial charge is 0.309 e. The summed E-state index contributed by atoms with van der Waals surface area (Å²) in [6, 6.07) is 13.7. The summed E-state index contributed by atoms with van der Waals surface area (Å²) < 4.78 is 39.0. The van der Waals surface area contributed by atoms with Crippen LogP contribution in [-0.2, 0) is 14.3 Å². The number of rotatable bonds is 14. The van der Waals surface area contributed by atoms with Crippen molar-refractivity contribution < 1.29 is 47.4 Å². The van der Waals surface area contributed by atoms with Gasteiger partial charge in [-0.1, -0.05) is 56.7 Å². The van der Waals surface area contributed by atoms with E-state index in [2.05, 4.69) is 30.2 Å². The highest BCUT2D eigenvalue weighted by Crippen LogP contribution is 2.38. The van der Waals surface area contributed by atoms with Gasteiger partial charge in [-0.25, -0.2) is 9.97 Å². The maximum atomic E-state index is 12.1. The third kappa shape index (κ3) is 12.2.